The molecular formula is C21H28N4O3. The summed E-state index contributed by atoms with van der Waals surface area (Å²) in [6, 6.07) is 7.76. The number of carbonyl (C=O) groups excluding carboxylic acids is 1. The van der Waals surface area contributed by atoms with Gasteiger partial charge in [0.1, 0.15) is 5.75 Å². The van der Waals surface area contributed by atoms with Crippen molar-refractivity contribution in [2.75, 3.05) is 52.9 Å². The molecule has 3 heterocycles. The molecule has 0 saturated carbocycles. The lowest BCUT2D eigenvalue weighted by atomic mass is 10.2. The summed E-state index contributed by atoms with van der Waals surface area (Å²) >= 11 is 0. The van der Waals surface area contributed by atoms with Gasteiger partial charge in [-0.2, -0.15) is 0 Å². The highest BCUT2D eigenvalue weighted by Gasteiger charge is 2.24. The monoisotopic (exact) mass is 384 g/mol. The van der Waals surface area contributed by atoms with Crippen LogP contribution in [0.2, 0.25) is 0 Å². The molecule has 150 valence electrons. The predicted molar refractivity (Wildman–Crippen MR) is 106 cm³/mol. The number of carbonyl (C=O) groups is 1. The summed E-state index contributed by atoms with van der Waals surface area (Å²) in [5, 5.41) is 0. The number of rotatable bonds is 6. The van der Waals surface area contributed by atoms with Gasteiger partial charge in [-0.1, -0.05) is 0 Å². The molecular weight excluding hydrogens is 356 g/mol. The number of methoxy groups -OCH3 is 1. The summed E-state index contributed by atoms with van der Waals surface area (Å²) in [4.78, 5) is 23.4. The molecule has 2 saturated heterocycles. The Hall–Kier alpha value is -2.38. The molecule has 1 amide bonds. The Balaban J connectivity index is 1.26. The van der Waals surface area contributed by atoms with Gasteiger partial charge in [0.2, 0.25) is 11.8 Å². The quantitative estimate of drug-likeness (QED) is 0.760. The summed E-state index contributed by atoms with van der Waals surface area (Å²) in [5.74, 6) is 2.56. The third-order valence-corrected chi connectivity index (χ3v) is 5.57. The maximum atomic E-state index is 12.5. The van der Waals surface area contributed by atoms with E-state index in [4.69, 9.17) is 9.15 Å². The van der Waals surface area contributed by atoms with E-state index in [1.165, 1.54) is 12.8 Å². The molecule has 1 aromatic carbocycles. The number of hydrogen-bond acceptors (Lipinski definition) is 6. The molecule has 2 aliphatic rings. The predicted octanol–water partition coefficient (Wildman–Crippen LogP) is 2.09. The van der Waals surface area contributed by atoms with Gasteiger partial charge in [-0.15, -0.1) is 0 Å². The third kappa shape index (κ3) is 4.54. The van der Waals surface area contributed by atoms with Crippen LogP contribution in [0.3, 0.4) is 0 Å². The summed E-state index contributed by atoms with van der Waals surface area (Å²) in [6.45, 7) is 6.63. The first-order chi connectivity index (χ1) is 13.7. The molecule has 1 aromatic heterocycles. The van der Waals surface area contributed by atoms with Gasteiger partial charge in [-0.3, -0.25) is 14.6 Å². The van der Waals surface area contributed by atoms with E-state index in [2.05, 4.69) is 14.8 Å². The van der Waals surface area contributed by atoms with Crippen molar-refractivity contribution in [2.24, 2.45) is 0 Å². The highest BCUT2D eigenvalue weighted by Crippen LogP contribution is 2.23. The number of ether oxygens (including phenoxy) is 1. The second kappa shape index (κ2) is 8.75. The normalized spacial score (nSPS) is 18.5. The molecule has 0 unspecified atom stereocenters. The van der Waals surface area contributed by atoms with Crippen LogP contribution in [-0.2, 0) is 11.3 Å². The van der Waals surface area contributed by atoms with E-state index in [0.29, 0.717) is 19.0 Å². The average Bonchev–Trinajstić information content (AvgIpc) is 3.41. The Bertz CT molecular complexity index is 775. The van der Waals surface area contributed by atoms with E-state index < -0.39 is 0 Å². The summed E-state index contributed by atoms with van der Waals surface area (Å²) in [7, 11) is 1.65. The van der Waals surface area contributed by atoms with Crippen molar-refractivity contribution in [3.05, 3.63) is 36.4 Å². The number of piperazine rings is 1. The van der Waals surface area contributed by atoms with Crippen LogP contribution < -0.4 is 4.74 Å². The van der Waals surface area contributed by atoms with Gasteiger partial charge >= 0.3 is 0 Å². The largest absolute Gasteiger partial charge is 0.497 e. The molecule has 0 aliphatic carbocycles. The zero-order chi connectivity index (χ0) is 19.3. The Morgan fingerprint density at radius 2 is 1.75 bits per heavy atom. The van der Waals surface area contributed by atoms with Gasteiger partial charge < -0.3 is 14.1 Å². The molecule has 0 bridgehead atoms. The van der Waals surface area contributed by atoms with Gasteiger partial charge in [-0.25, -0.2) is 4.98 Å². The number of amides is 1. The van der Waals surface area contributed by atoms with E-state index in [1.54, 1.807) is 13.3 Å². The van der Waals surface area contributed by atoms with Gasteiger partial charge in [-0.05, 0) is 50.2 Å². The topological polar surface area (TPSA) is 62.1 Å². The van der Waals surface area contributed by atoms with E-state index in [1.807, 2.05) is 29.2 Å². The second-order valence-corrected chi connectivity index (χ2v) is 7.49. The Labute approximate surface area is 165 Å². The standard InChI is InChI=1S/C21H28N4O3/c1-27-18-6-4-17(5-7-18)19-14-22-20(28-19)15-24-10-12-25(13-11-24)21(26)16-23-8-2-3-9-23/h4-7,14H,2-3,8-13,15-16H2,1H3. The number of likely N-dealkylation sites (tertiary alicyclic amines) is 1. The molecule has 0 spiro atoms. The highest BCUT2D eigenvalue weighted by molar-refractivity contribution is 5.78. The van der Waals surface area contributed by atoms with Gasteiger partial charge in [0.25, 0.3) is 0 Å². The zero-order valence-corrected chi connectivity index (χ0v) is 16.5. The lowest BCUT2D eigenvalue weighted by molar-refractivity contribution is -0.134. The molecule has 4 rings (SSSR count). The van der Waals surface area contributed by atoms with Crippen LogP contribution in [0.15, 0.2) is 34.9 Å². The van der Waals surface area contributed by atoms with Crippen molar-refractivity contribution in [1.29, 1.82) is 0 Å². The summed E-state index contributed by atoms with van der Waals surface area (Å²) in [5.41, 5.74) is 0.983. The first kappa shape index (κ1) is 19.0. The SMILES string of the molecule is COc1ccc(-c2cnc(CN3CCN(C(=O)CN4CCCC4)CC3)o2)cc1. The molecule has 2 aromatic rings. The minimum Gasteiger partial charge on any atom is -0.497 e. The van der Waals surface area contributed by atoms with E-state index in [9.17, 15) is 4.79 Å². The van der Waals surface area contributed by atoms with Crippen LogP contribution in [0.25, 0.3) is 11.3 Å². The van der Waals surface area contributed by atoms with Crippen molar-refractivity contribution < 1.29 is 13.9 Å². The zero-order valence-electron chi connectivity index (χ0n) is 16.5. The molecule has 0 atom stereocenters. The van der Waals surface area contributed by atoms with Crippen molar-refractivity contribution in [3.63, 3.8) is 0 Å². The summed E-state index contributed by atoms with van der Waals surface area (Å²) < 4.78 is 11.1. The minimum absolute atomic E-state index is 0.263. The van der Waals surface area contributed by atoms with Crippen LogP contribution in [0.5, 0.6) is 5.75 Å². The van der Waals surface area contributed by atoms with Crippen LogP contribution in [0.4, 0.5) is 0 Å². The smallest absolute Gasteiger partial charge is 0.236 e. The third-order valence-electron chi connectivity index (χ3n) is 5.57. The van der Waals surface area contributed by atoms with E-state index in [-0.39, 0.29) is 5.91 Å². The van der Waals surface area contributed by atoms with Crippen molar-refractivity contribution >= 4 is 5.91 Å². The Morgan fingerprint density at radius 3 is 2.43 bits per heavy atom. The van der Waals surface area contributed by atoms with Gasteiger partial charge in [0.15, 0.2) is 5.76 Å². The van der Waals surface area contributed by atoms with Crippen molar-refractivity contribution in [3.8, 4) is 17.1 Å². The fourth-order valence-electron chi connectivity index (χ4n) is 3.85. The first-order valence-electron chi connectivity index (χ1n) is 10.0. The van der Waals surface area contributed by atoms with Crippen LogP contribution in [-0.4, -0.2) is 78.5 Å². The fraction of sp³-hybridized carbons (Fsp3) is 0.524. The van der Waals surface area contributed by atoms with Crippen LogP contribution in [0, 0.1) is 0 Å². The second-order valence-electron chi connectivity index (χ2n) is 7.49. The Morgan fingerprint density at radius 1 is 1.04 bits per heavy atom. The minimum atomic E-state index is 0.263. The van der Waals surface area contributed by atoms with Crippen LogP contribution in [0.1, 0.15) is 18.7 Å². The van der Waals surface area contributed by atoms with Crippen LogP contribution >= 0.6 is 0 Å². The van der Waals surface area contributed by atoms with Gasteiger partial charge in [0.05, 0.1) is 26.4 Å². The average molecular weight is 384 g/mol. The fourth-order valence-corrected chi connectivity index (χ4v) is 3.85. The number of aromatic nitrogens is 1. The lowest BCUT2D eigenvalue weighted by Crippen LogP contribution is -2.50. The molecule has 2 aliphatic heterocycles. The number of oxazole rings is 1. The van der Waals surface area contributed by atoms with Gasteiger partial charge in [0, 0.05) is 31.7 Å². The van der Waals surface area contributed by atoms with Crippen molar-refractivity contribution in [1.82, 2.24) is 19.7 Å². The highest BCUT2D eigenvalue weighted by atomic mass is 16.5. The molecule has 7 heteroatoms. The van der Waals surface area contributed by atoms with E-state index >= 15 is 0 Å². The molecule has 7 nitrogen and oxygen atoms in total. The number of benzene rings is 1. The first-order valence-corrected chi connectivity index (χ1v) is 10.0. The lowest BCUT2D eigenvalue weighted by Gasteiger charge is -2.34. The number of nitrogens with zero attached hydrogens (tertiary/aromatic N) is 4. The molecule has 2 fully saturated rings. The molecule has 0 N–H and O–H groups in total. The van der Waals surface area contributed by atoms with Crippen molar-refractivity contribution in [2.45, 2.75) is 19.4 Å². The maximum Gasteiger partial charge on any atom is 0.236 e. The molecule has 0 radical (unpaired) electrons. The molecule has 28 heavy (non-hydrogen) atoms. The summed E-state index contributed by atoms with van der Waals surface area (Å²) in [6.07, 6.45) is 4.21. The number of hydrogen-bond donors (Lipinski definition) is 0. The van der Waals surface area contributed by atoms with E-state index in [0.717, 1.165) is 56.3 Å². The Kier molecular flexibility index (Phi) is 5.92. The maximum absolute atomic E-state index is 12.5.